The number of hydrogen-bond acceptors (Lipinski definition) is 6. The molecule has 3 aromatic rings. The first-order valence-corrected chi connectivity index (χ1v) is 7.06. The third-order valence-electron chi connectivity index (χ3n) is 3.23. The summed E-state index contributed by atoms with van der Waals surface area (Å²) in [5, 5.41) is 10.2. The van der Waals surface area contributed by atoms with E-state index in [2.05, 4.69) is 20.3 Å². The molecular formula is C17H13N3O4. The number of rotatable bonds is 4. The van der Waals surface area contributed by atoms with Gasteiger partial charge < -0.3 is 9.15 Å². The number of anilines is 1. The van der Waals surface area contributed by atoms with Crippen molar-refractivity contribution >= 4 is 17.9 Å². The molecule has 0 atom stereocenters. The van der Waals surface area contributed by atoms with Crippen LogP contribution in [0.5, 0.6) is 0 Å². The molecule has 1 N–H and O–H groups in total. The summed E-state index contributed by atoms with van der Waals surface area (Å²) in [7, 11) is 1.29. The smallest absolute Gasteiger partial charge is 0.337 e. The van der Waals surface area contributed by atoms with Crippen molar-refractivity contribution < 1.29 is 18.7 Å². The van der Waals surface area contributed by atoms with Crippen LogP contribution >= 0.6 is 0 Å². The van der Waals surface area contributed by atoms with Crippen LogP contribution in [0.4, 0.5) is 6.01 Å². The minimum Gasteiger partial charge on any atom is -0.465 e. The zero-order chi connectivity index (χ0) is 16.9. The second kappa shape index (κ2) is 6.74. The average molecular weight is 323 g/mol. The molecule has 0 unspecified atom stereocenters. The van der Waals surface area contributed by atoms with Crippen molar-refractivity contribution in [3.8, 4) is 11.5 Å². The molecule has 0 saturated heterocycles. The maximum Gasteiger partial charge on any atom is 0.337 e. The van der Waals surface area contributed by atoms with E-state index in [1.165, 1.54) is 31.4 Å². The first-order valence-electron chi connectivity index (χ1n) is 7.06. The number of nitrogens with one attached hydrogen (secondary N) is 1. The van der Waals surface area contributed by atoms with Crippen molar-refractivity contribution in [3.05, 3.63) is 65.7 Å². The Hall–Kier alpha value is -3.48. The van der Waals surface area contributed by atoms with E-state index in [0.29, 0.717) is 17.0 Å². The number of benzene rings is 2. The van der Waals surface area contributed by atoms with Gasteiger partial charge in [-0.15, -0.1) is 5.10 Å². The molecule has 1 heterocycles. The van der Waals surface area contributed by atoms with Crippen LogP contribution in [0, 0.1) is 0 Å². The number of carbonyl (C=O) groups excluding carboxylic acids is 2. The third-order valence-corrected chi connectivity index (χ3v) is 3.23. The van der Waals surface area contributed by atoms with Gasteiger partial charge in [-0.3, -0.25) is 10.1 Å². The predicted molar refractivity (Wildman–Crippen MR) is 85.5 cm³/mol. The molecule has 24 heavy (non-hydrogen) atoms. The first-order chi connectivity index (χ1) is 11.7. The van der Waals surface area contributed by atoms with Crippen molar-refractivity contribution in [2.75, 3.05) is 12.4 Å². The van der Waals surface area contributed by atoms with Crippen molar-refractivity contribution in [1.29, 1.82) is 0 Å². The van der Waals surface area contributed by atoms with Crippen LogP contribution in [0.25, 0.3) is 11.5 Å². The standard InChI is InChI=1S/C17H13N3O4/c1-23-16(22)13-9-7-11(8-10-13)14(21)18-17-20-19-15(24-17)12-5-3-2-4-6-12/h2-10H,1H3,(H,18,20,21). The molecule has 0 aliphatic heterocycles. The summed E-state index contributed by atoms with van der Waals surface area (Å²) < 4.78 is 10.0. The molecule has 7 heteroatoms. The number of hydrogen-bond donors (Lipinski definition) is 1. The molecule has 1 amide bonds. The Labute approximate surface area is 137 Å². The fraction of sp³-hybridized carbons (Fsp3) is 0.0588. The quantitative estimate of drug-likeness (QED) is 0.742. The van der Waals surface area contributed by atoms with Gasteiger partial charge in [0, 0.05) is 11.1 Å². The molecule has 120 valence electrons. The number of aromatic nitrogens is 2. The predicted octanol–water partition coefficient (Wildman–Crippen LogP) is 2.78. The fourth-order valence-corrected chi connectivity index (χ4v) is 2.02. The van der Waals surface area contributed by atoms with Gasteiger partial charge in [-0.1, -0.05) is 23.3 Å². The number of carbonyl (C=O) groups is 2. The van der Waals surface area contributed by atoms with Crippen molar-refractivity contribution in [2.45, 2.75) is 0 Å². The topological polar surface area (TPSA) is 94.3 Å². The summed E-state index contributed by atoms with van der Waals surface area (Å²) in [6.45, 7) is 0. The van der Waals surface area contributed by atoms with E-state index in [0.717, 1.165) is 5.56 Å². The average Bonchev–Trinajstić information content (AvgIpc) is 3.10. The molecule has 0 bridgehead atoms. The largest absolute Gasteiger partial charge is 0.465 e. The molecule has 0 aliphatic carbocycles. The Morgan fingerprint density at radius 1 is 0.958 bits per heavy atom. The Kier molecular flexibility index (Phi) is 4.33. The van der Waals surface area contributed by atoms with E-state index in [9.17, 15) is 9.59 Å². The highest BCUT2D eigenvalue weighted by atomic mass is 16.5. The van der Waals surface area contributed by atoms with Crippen molar-refractivity contribution in [3.63, 3.8) is 0 Å². The molecule has 1 aromatic heterocycles. The number of nitrogens with zero attached hydrogens (tertiary/aromatic N) is 2. The van der Waals surface area contributed by atoms with E-state index in [4.69, 9.17) is 4.42 Å². The van der Waals surface area contributed by atoms with Crippen LogP contribution in [-0.4, -0.2) is 29.2 Å². The van der Waals surface area contributed by atoms with E-state index in [1.807, 2.05) is 30.3 Å². The van der Waals surface area contributed by atoms with Gasteiger partial charge in [-0.05, 0) is 36.4 Å². The maximum atomic E-state index is 12.2. The van der Waals surface area contributed by atoms with Gasteiger partial charge in [0.25, 0.3) is 5.91 Å². The highest BCUT2D eigenvalue weighted by Crippen LogP contribution is 2.19. The summed E-state index contributed by atoms with van der Waals surface area (Å²) in [6.07, 6.45) is 0. The number of methoxy groups -OCH3 is 1. The van der Waals surface area contributed by atoms with Gasteiger partial charge in [-0.2, -0.15) is 0 Å². The monoisotopic (exact) mass is 323 g/mol. The van der Waals surface area contributed by atoms with E-state index >= 15 is 0 Å². The van der Waals surface area contributed by atoms with Gasteiger partial charge in [0.05, 0.1) is 12.7 Å². The summed E-state index contributed by atoms with van der Waals surface area (Å²) in [6, 6.07) is 15.2. The zero-order valence-corrected chi connectivity index (χ0v) is 12.7. The molecular weight excluding hydrogens is 310 g/mol. The molecule has 0 spiro atoms. The minimum atomic E-state index is -0.466. The Balaban J connectivity index is 1.71. The lowest BCUT2D eigenvalue weighted by Gasteiger charge is -2.02. The van der Waals surface area contributed by atoms with E-state index in [-0.39, 0.29) is 6.01 Å². The van der Waals surface area contributed by atoms with Crippen LogP contribution in [-0.2, 0) is 4.74 Å². The Bertz CT molecular complexity index is 857. The molecule has 0 fully saturated rings. The van der Waals surface area contributed by atoms with E-state index in [1.54, 1.807) is 0 Å². The second-order valence-corrected chi connectivity index (χ2v) is 4.80. The van der Waals surface area contributed by atoms with Crippen LogP contribution < -0.4 is 5.32 Å². The van der Waals surface area contributed by atoms with E-state index < -0.39 is 11.9 Å². The highest BCUT2D eigenvalue weighted by Gasteiger charge is 2.13. The molecule has 0 saturated carbocycles. The molecule has 3 rings (SSSR count). The molecule has 0 radical (unpaired) electrons. The fourth-order valence-electron chi connectivity index (χ4n) is 2.02. The van der Waals surface area contributed by atoms with Crippen LogP contribution in [0.1, 0.15) is 20.7 Å². The van der Waals surface area contributed by atoms with Gasteiger partial charge >= 0.3 is 12.0 Å². The van der Waals surface area contributed by atoms with Gasteiger partial charge in [0.15, 0.2) is 0 Å². The zero-order valence-electron chi connectivity index (χ0n) is 12.7. The van der Waals surface area contributed by atoms with Gasteiger partial charge in [0.2, 0.25) is 5.89 Å². The normalized spacial score (nSPS) is 10.2. The summed E-state index contributed by atoms with van der Waals surface area (Å²) in [5.41, 5.74) is 1.47. The lowest BCUT2D eigenvalue weighted by molar-refractivity contribution is 0.0600. The van der Waals surface area contributed by atoms with Gasteiger partial charge in [0.1, 0.15) is 0 Å². The minimum absolute atomic E-state index is 0.00380. The third kappa shape index (κ3) is 3.30. The number of ether oxygens (including phenoxy) is 1. The Morgan fingerprint density at radius 3 is 2.29 bits per heavy atom. The second-order valence-electron chi connectivity index (χ2n) is 4.80. The number of esters is 1. The van der Waals surface area contributed by atoms with Gasteiger partial charge in [-0.25, -0.2) is 4.79 Å². The van der Waals surface area contributed by atoms with Crippen LogP contribution in [0.2, 0.25) is 0 Å². The molecule has 0 aliphatic rings. The van der Waals surface area contributed by atoms with Crippen molar-refractivity contribution in [2.24, 2.45) is 0 Å². The number of amides is 1. The summed E-state index contributed by atoms with van der Waals surface area (Å²) in [4.78, 5) is 23.5. The summed E-state index contributed by atoms with van der Waals surface area (Å²) >= 11 is 0. The van der Waals surface area contributed by atoms with Crippen LogP contribution in [0.3, 0.4) is 0 Å². The van der Waals surface area contributed by atoms with Crippen LogP contribution in [0.15, 0.2) is 59.0 Å². The van der Waals surface area contributed by atoms with Crippen molar-refractivity contribution in [1.82, 2.24) is 10.2 Å². The lowest BCUT2D eigenvalue weighted by atomic mass is 10.1. The first kappa shape index (κ1) is 15.4. The molecule has 7 nitrogen and oxygen atoms in total. The lowest BCUT2D eigenvalue weighted by Crippen LogP contribution is -2.12. The highest BCUT2D eigenvalue weighted by molar-refractivity contribution is 6.03. The maximum absolute atomic E-state index is 12.2. The summed E-state index contributed by atoms with van der Waals surface area (Å²) in [5.74, 6) is -0.576. The Morgan fingerprint density at radius 2 is 1.62 bits per heavy atom. The SMILES string of the molecule is COC(=O)c1ccc(C(=O)Nc2nnc(-c3ccccc3)o2)cc1. The molecule has 2 aromatic carbocycles.